The van der Waals surface area contributed by atoms with Crippen molar-refractivity contribution in [2.45, 2.75) is 31.6 Å². The van der Waals surface area contributed by atoms with Gasteiger partial charge in [-0.1, -0.05) is 18.0 Å². The van der Waals surface area contributed by atoms with Crippen LogP contribution in [0.15, 0.2) is 18.2 Å². The molecule has 1 aliphatic heterocycles. The Morgan fingerprint density at radius 2 is 2.04 bits per heavy atom. The normalized spacial score (nSPS) is 24.2. The molecule has 0 saturated heterocycles. The van der Waals surface area contributed by atoms with Crippen LogP contribution >= 0.6 is 24.0 Å². The standard InChI is InChI=1S/C19H26ClN3O2.ClH/c1-22(2)18(24)8-13-11-23(17-7-6-14(20)9-16(13)17)19(25)15-5-3-4-12(15)10-21;/h6-7,9,12-13,15H,3-5,8,10-11,21H2,1-2H3;1H/t12-,13?,15-;/m1./s1. The maximum atomic E-state index is 13.2. The summed E-state index contributed by atoms with van der Waals surface area (Å²) in [5, 5.41) is 0.635. The van der Waals surface area contributed by atoms with Crippen molar-refractivity contribution in [2.75, 3.05) is 32.1 Å². The van der Waals surface area contributed by atoms with Crippen LogP contribution in [0, 0.1) is 11.8 Å². The number of amides is 2. The third-order valence-corrected chi connectivity index (χ3v) is 5.82. The zero-order chi connectivity index (χ0) is 18.1. The maximum Gasteiger partial charge on any atom is 0.230 e. The molecule has 1 unspecified atom stereocenters. The van der Waals surface area contributed by atoms with Gasteiger partial charge < -0.3 is 15.5 Å². The number of nitrogens with zero attached hydrogens (tertiary/aromatic N) is 2. The Morgan fingerprint density at radius 1 is 1.31 bits per heavy atom. The molecular weight excluding hydrogens is 373 g/mol. The number of carbonyl (C=O) groups is 2. The highest BCUT2D eigenvalue weighted by atomic mass is 35.5. The monoisotopic (exact) mass is 399 g/mol. The molecule has 2 N–H and O–H groups in total. The quantitative estimate of drug-likeness (QED) is 0.845. The van der Waals surface area contributed by atoms with E-state index >= 15 is 0 Å². The zero-order valence-electron chi connectivity index (χ0n) is 15.3. The molecule has 26 heavy (non-hydrogen) atoms. The van der Waals surface area contributed by atoms with Gasteiger partial charge in [0.25, 0.3) is 0 Å². The molecule has 1 heterocycles. The van der Waals surface area contributed by atoms with E-state index in [1.807, 2.05) is 23.1 Å². The molecule has 0 radical (unpaired) electrons. The van der Waals surface area contributed by atoms with Gasteiger partial charge in [-0.25, -0.2) is 0 Å². The number of anilines is 1. The van der Waals surface area contributed by atoms with Crippen LogP contribution in [-0.4, -0.2) is 43.9 Å². The van der Waals surface area contributed by atoms with Gasteiger partial charge in [0.2, 0.25) is 11.8 Å². The van der Waals surface area contributed by atoms with Crippen LogP contribution in [0.4, 0.5) is 5.69 Å². The topological polar surface area (TPSA) is 66.6 Å². The minimum atomic E-state index is -0.00900. The van der Waals surface area contributed by atoms with Gasteiger partial charge in [0.1, 0.15) is 0 Å². The highest BCUT2D eigenvalue weighted by molar-refractivity contribution is 6.30. The summed E-state index contributed by atoms with van der Waals surface area (Å²) < 4.78 is 0. The van der Waals surface area contributed by atoms with Crippen molar-refractivity contribution < 1.29 is 9.59 Å². The summed E-state index contributed by atoms with van der Waals surface area (Å²) in [4.78, 5) is 28.8. The molecule has 3 atom stereocenters. The third-order valence-electron chi connectivity index (χ3n) is 5.59. The van der Waals surface area contributed by atoms with E-state index in [1.54, 1.807) is 19.0 Å². The van der Waals surface area contributed by atoms with Crippen LogP contribution in [0.25, 0.3) is 0 Å². The number of nitrogens with two attached hydrogens (primary N) is 1. The fourth-order valence-corrected chi connectivity index (χ4v) is 4.32. The van der Waals surface area contributed by atoms with Gasteiger partial charge in [-0.3, -0.25) is 9.59 Å². The molecule has 1 fully saturated rings. The van der Waals surface area contributed by atoms with Crippen LogP contribution in [0.5, 0.6) is 0 Å². The first-order valence-electron chi connectivity index (χ1n) is 8.93. The Labute approximate surface area is 166 Å². The van der Waals surface area contributed by atoms with Crippen LogP contribution in [-0.2, 0) is 9.59 Å². The van der Waals surface area contributed by atoms with Crippen molar-refractivity contribution in [3.05, 3.63) is 28.8 Å². The Bertz CT molecular complexity index is 681. The first-order chi connectivity index (χ1) is 11.9. The Morgan fingerprint density at radius 3 is 2.69 bits per heavy atom. The molecule has 2 amide bonds. The van der Waals surface area contributed by atoms with Crippen LogP contribution in [0.1, 0.15) is 37.2 Å². The summed E-state index contributed by atoms with van der Waals surface area (Å²) >= 11 is 6.17. The van der Waals surface area contributed by atoms with Crippen molar-refractivity contribution in [1.29, 1.82) is 0 Å². The van der Waals surface area contributed by atoms with Gasteiger partial charge in [0.15, 0.2) is 0 Å². The molecule has 144 valence electrons. The van der Waals surface area contributed by atoms with Crippen molar-refractivity contribution >= 4 is 41.5 Å². The SMILES string of the molecule is CN(C)C(=O)CC1CN(C(=O)[C@@H]2CCC[C@@H]2CN)c2ccc(Cl)cc21.Cl. The first kappa shape index (κ1) is 21.0. The molecule has 0 spiro atoms. The molecule has 1 aliphatic carbocycles. The largest absolute Gasteiger partial charge is 0.349 e. The van der Waals surface area contributed by atoms with E-state index in [9.17, 15) is 9.59 Å². The number of hydrogen-bond acceptors (Lipinski definition) is 3. The minimum absolute atomic E-state index is 0. The molecule has 7 heteroatoms. The summed E-state index contributed by atoms with van der Waals surface area (Å²) in [5.74, 6) is 0.468. The number of halogens is 2. The molecule has 0 aromatic heterocycles. The second kappa shape index (κ2) is 8.59. The number of carbonyl (C=O) groups excluding carboxylic acids is 2. The molecule has 0 bridgehead atoms. The first-order valence-corrected chi connectivity index (χ1v) is 9.31. The molecule has 5 nitrogen and oxygen atoms in total. The lowest BCUT2D eigenvalue weighted by molar-refractivity contribution is -0.129. The minimum Gasteiger partial charge on any atom is -0.349 e. The number of hydrogen-bond donors (Lipinski definition) is 1. The molecular formula is C19H27Cl2N3O2. The van der Waals surface area contributed by atoms with E-state index in [0.29, 0.717) is 24.5 Å². The lowest BCUT2D eigenvalue weighted by Gasteiger charge is -2.25. The van der Waals surface area contributed by atoms with Crippen LogP contribution in [0.2, 0.25) is 5.02 Å². The van der Waals surface area contributed by atoms with Gasteiger partial charge >= 0.3 is 0 Å². The van der Waals surface area contributed by atoms with E-state index in [2.05, 4.69) is 0 Å². The van der Waals surface area contributed by atoms with E-state index in [4.69, 9.17) is 17.3 Å². The van der Waals surface area contributed by atoms with Crippen molar-refractivity contribution in [1.82, 2.24) is 4.90 Å². The number of rotatable bonds is 4. The van der Waals surface area contributed by atoms with Gasteiger partial charge in [-0.15, -0.1) is 12.4 Å². The highest BCUT2D eigenvalue weighted by Gasteiger charge is 2.40. The summed E-state index contributed by atoms with van der Waals surface area (Å²) in [6, 6.07) is 5.61. The average Bonchev–Trinajstić information content (AvgIpc) is 3.19. The number of fused-ring (bicyclic) bond motifs is 1. The molecule has 3 rings (SSSR count). The number of benzene rings is 1. The maximum absolute atomic E-state index is 13.2. The molecule has 1 aromatic carbocycles. The molecule has 1 saturated carbocycles. The van der Waals surface area contributed by atoms with E-state index in [1.165, 1.54) is 0 Å². The summed E-state index contributed by atoms with van der Waals surface area (Å²) in [7, 11) is 3.51. The van der Waals surface area contributed by atoms with E-state index in [0.717, 1.165) is 30.5 Å². The van der Waals surface area contributed by atoms with E-state index in [-0.39, 0.29) is 42.0 Å². The smallest absolute Gasteiger partial charge is 0.230 e. The van der Waals surface area contributed by atoms with Gasteiger partial charge in [-0.2, -0.15) is 0 Å². The van der Waals surface area contributed by atoms with Gasteiger partial charge in [0, 0.05) is 49.6 Å². The van der Waals surface area contributed by atoms with Crippen LogP contribution < -0.4 is 10.6 Å². The highest BCUT2D eigenvalue weighted by Crippen LogP contribution is 2.42. The van der Waals surface area contributed by atoms with E-state index < -0.39 is 0 Å². The Balaban J connectivity index is 0.00000243. The fraction of sp³-hybridized carbons (Fsp3) is 0.579. The fourth-order valence-electron chi connectivity index (χ4n) is 4.14. The lowest BCUT2D eigenvalue weighted by atomic mass is 9.94. The van der Waals surface area contributed by atoms with Gasteiger partial charge in [0.05, 0.1) is 0 Å². The van der Waals surface area contributed by atoms with Crippen molar-refractivity contribution in [3.63, 3.8) is 0 Å². The second-order valence-corrected chi connectivity index (χ2v) is 7.81. The molecule has 1 aromatic rings. The van der Waals surface area contributed by atoms with Crippen molar-refractivity contribution in [2.24, 2.45) is 17.6 Å². The predicted molar refractivity (Wildman–Crippen MR) is 107 cm³/mol. The van der Waals surface area contributed by atoms with Crippen LogP contribution in [0.3, 0.4) is 0 Å². The molecule has 2 aliphatic rings. The Kier molecular flexibility index (Phi) is 6.94. The predicted octanol–water partition coefficient (Wildman–Crippen LogP) is 3.05. The zero-order valence-corrected chi connectivity index (χ0v) is 16.9. The lowest BCUT2D eigenvalue weighted by Crippen LogP contribution is -2.39. The third kappa shape index (κ3) is 4.00. The summed E-state index contributed by atoms with van der Waals surface area (Å²) in [5.41, 5.74) is 7.76. The average molecular weight is 400 g/mol. The second-order valence-electron chi connectivity index (χ2n) is 7.37. The Hall–Kier alpha value is -1.30. The van der Waals surface area contributed by atoms with Crippen molar-refractivity contribution in [3.8, 4) is 0 Å². The summed E-state index contributed by atoms with van der Waals surface area (Å²) in [6.07, 6.45) is 3.37. The van der Waals surface area contributed by atoms with Gasteiger partial charge in [-0.05, 0) is 49.1 Å². The summed E-state index contributed by atoms with van der Waals surface area (Å²) in [6.45, 7) is 1.10.